The minimum absolute atomic E-state index is 0.0592. The van der Waals surface area contributed by atoms with E-state index in [2.05, 4.69) is 37.9 Å². The van der Waals surface area contributed by atoms with E-state index in [1.54, 1.807) is 17.7 Å². The van der Waals surface area contributed by atoms with Gasteiger partial charge in [0.25, 0.3) is 5.56 Å². The Bertz CT molecular complexity index is 874. The number of rotatable bonds is 12. The number of fused-ring (bicyclic) bond motifs is 1. The van der Waals surface area contributed by atoms with Gasteiger partial charge in [0.05, 0.1) is 16.7 Å². The summed E-state index contributed by atoms with van der Waals surface area (Å²) in [6, 6.07) is 8.12. The van der Waals surface area contributed by atoms with Crippen molar-refractivity contribution in [3.05, 3.63) is 34.6 Å². The fraction of sp³-hybridized carbons (Fsp3) is 0.591. The monoisotopic (exact) mass is 434 g/mol. The Balaban J connectivity index is 2.20. The molecular weight excluding hydrogens is 400 g/mol. The van der Waals surface area contributed by atoms with Crippen LogP contribution in [0.1, 0.15) is 34.1 Å². The summed E-state index contributed by atoms with van der Waals surface area (Å²) in [6.45, 7) is 11.1. The van der Waals surface area contributed by atoms with Crippen molar-refractivity contribution in [1.82, 2.24) is 19.8 Å². The highest BCUT2D eigenvalue weighted by molar-refractivity contribution is 7.99. The van der Waals surface area contributed by atoms with Crippen LogP contribution in [0.3, 0.4) is 0 Å². The molecule has 1 amide bonds. The molecule has 0 aliphatic heterocycles. The molecule has 1 N–H and O–H groups in total. The van der Waals surface area contributed by atoms with Gasteiger partial charge in [-0.2, -0.15) is 0 Å². The van der Waals surface area contributed by atoms with Gasteiger partial charge in [-0.15, -0.1) is 0 Å². The number of carbonyl (C=O) groups excluding carboxylic acids is 1. The van der Waals surface area contributed by atoms with Gasteiger partial charge in [0, 0.05) is 45.4 Å². The van der Waals surface area contributed by atoms with Gasteiger partial charge in [0.2, 0.25) is 5.91 Å². The van der Waals surface area contributed by atoms with Crippen LogP contribution in [-0.4, -0.2) is 65.0 Å². The van der Waals surface area contributed by atoms with Crippen molar-refractivity contribution < 1.29 is 9.53 Å². The van der Waals surface area contributed by atoms with Gasteiger partial charge < -0.3 is 10.1 Å². The minimum atomic E-state index is -0.0731. The highest BCUT2D eigenvalue weighted by atomic mass is 32.2. The number of ether oxygens (including phenoxy) is 1. The zero-order valence-electron chi connectivity index (χ0n) is 18.7. The molecule has 0 fully saturated rings. The number of carbonyl (C=O) groups is 1. The summed E-state index contributed by atoms with van der Waals surface area (Å²) >= 11 is 1.31. The summed E-state index contributed by atoms with van der Waals surface area (Å²) < 4.78 is 6.71. The molecule has 0 saturated heterocycles. The molecule has 8 heteroatoms. The van der Waals surface area contributed by atoms with Crippen molar-refractivity contribution >= 4 is 28.6 Å². The van der Waals surface area contributed by atoms with E-state index < -0.39 is 0 Å². The highest BCUT2D eigenvalue weighted by Crippen LogP contribution is 2.18. The molecule has 30 heavy (non-hydrogen) atoms. The third-order valence-electron chi connectivity index (χ3n) is 4.91. The van der Waals surface area contributed by atoms with Crippen molar-refractivity contribution in [2.45, 2.75) is 57.9 Å². The SMILES string of the molecule is COCCCNC(=O)CSc1nc2ccccc2c(=O)n1CCN(C(C)C)C(C)C. The van der Waals surface area contributed by atoms with Gasteiger partial charge in [0.1, 0.15) is 0 Å². The second kappa shape index (κ2) is 12.1. The van der Waals surface area contributed by atoms with Crippen LogP contribution in [0.4, 0.5) is 0 Å². The zero-order valence-corrected chi connectivity index (χ0v) is 19.5. The summed E-state index contributed by atoms with van der Waals surface area (Å²) in [4.78, 5) is 32.4. The molecule has 1 aromatic carbocycles. The fourth-order valence-electron chi connectivity index (χ4n) is 3.41. The van der Waals surface area contributed by atoms with E-state index in [-0.39, 0.29) is 17.2 Å². The Hall–Kier alpha value is -1.90. The maximum atomic E-state index is 13.2. The number of aromatic nitrogens is 2. The molecule has 0 bridgehead atoms. The van der Waals surface area contributed by atoms with Crippen LogP contribution in [0.5, 0.6) is 0 Å². The van der Waals surface area contributed by atoms with Crippen LogP contribution >= 0.6 is 11.8 Å². The standard InChI is InChI=1S/C22H34N4O3S/c1-16(2)25(17(3)4)12-13-26-21(28)18-9-6-7-10-19(18)24-22(26)30-15-20(27)23-11-8-14-29-5/h6-7,9-10,16-17H,8,11-15H2,1-5H3,(H,23,27). The molecule has 2 aromatic rings. The van der Waals surface area contributed by atoms with Gasteiger partial charge in [0.15, 0.2) is 5.16 Å². The molecule has 0 aliphatic carbocycles. The van der Waals surface area contributed by atoms with Crippen LogP contribution in [-0.2, 0) is 16.1 Å². The molecule has 1 aromatic heterocycles. The summed E-state index contributed by atoms with van der Waals surface area (Å²) in [6.07, 6.45) is 0.770. The molecule has 0 spiro atoms. The largest absolute Gasteiger partial charge is 0.385 e. The number of methoxy groups -OCH3 is 1. The fourth-order valence-corrected chi connectivity index (χ4v) is 4.26. The summed E-state index contributed by atoms with van der Waals surface area (Å²) in [7, 11) is 1.64. The molecule has 0 atom stereocenters. The van der Waals surface area contributed by atoms with Gasteiger partial charge in [-0.25, -0.2) is 4.98 Å². The number of benzene rings is 1. The molecule has 0 radical (unpaired) electrons. The topological polar surface area (TPSA) is 76.5 Å². The van der Waals surface area contributed by atoms with Crippen LogP contribution in [0.15, 0.2) is 34.2 Å². The van der Waals surface area contributed by atoms with Gasteiger partial charge in [-0.1, -0.05) is 23.9 Å². The number of hydrogen-bond donors (Lipinski definition) is 1. The highest BCUT2D eigenvalue weighted by Gasteiger charge is 2.17. The maximum absolute atomic E-state index is 13.2. The van der Waals surface area contributed by atoms with E-state index in [4.69, 9.17) is 9.72 Å². The maximum Gasteiger partial charge on any atom is 0.262 e. The molecule has 7 nitrogen and oxygen atoms in total. The predicted molar refractivity (Wildman–Crippen MR) is 123 cm³/mol. The van der Waals surface area contributed by atoms with E-state index in [1.807, 2.05) is 18.2 Å². The summed E-state index contributed by atoms with van der Waals surface area (Å²) in [5.41, 5.74) is 0.599. The van der Waals surface area contributed by atoms with E-state index in [1.165, 1.54) is 11.8 Å². The Morgan fingerprint density at radius 3 is 2.60 bits per heavy atom. The first-order valence-corrected chi connectivity index (χ1v) is 11.5. The molecule has 1 heterocycles. The molecule has 166 valence electrons. The summed E-state index contributed by atoms with van der Waals surface area (Å²) in [5.74, 6) is 0.145. The second-order valence-electron chi connectivity index (χ2n) is 7.78. The van der Waals surface area contributed by atoms with E-state index in [0.717, 1.165) is 13.0 Å². The van der Waals surface area contributed by atoms with E-state index in [9.17, 15) is 9.59 Å². The van der Waals surface area contributed by atoms with Gasteiger partial charge in [-0.05, 0) is 46.2 Å². The van der Waals surface area contributed by atoms with Crippen molar-refractivity contribution in [2.75, 3.05) is 32.6 Å². The molecule has 0 aliphatic rings. The minimum Gasteiger partial charge on any atom is -0.385 e. The molecular formula is C22H34N4O3S. The Morgan fingerprint density at radius 1 is 1.23 bits per heavy atom. The Labute approximate surface area is 183 Å². The van der Waals surface area contributed by atoms with Crippen LogP contribution in [0.2, 0.25) is 0 Å². The predicted octanol–water partition coefficient (Wildman–Crippen LogP) is 2.76. The number of nitrogens with zero attached hydrogens (tertiary/aromatic N) is 3. The zero-order chi connectivity index (χ0) is 22.1. The van der Waals surface area contributed by atoms with Crippen LogP contribution in [0.25, 0.3) is 10.9 Å². The lowest BCUT2D eigenvalue weighted by atomic mass is 10.2. The lowest BCUT2D eigenvalue weighted by Gasteiger charge is -2.30. The van der Waals surface area contributed by atoms with Gasteiger partial charge >= 0.3 is 0 Å². The van der Waals surface area contributed by atoms with Crippen LogP contribution < -0.4 is 10.9 Å². The smallest absolute Gasteiger partial charge is 0.262 e. The number of thioether (sulfide) groups is 1. The van der Waals surface area contributed by atoms with Crippen molar-refractivity contribution in [2.24, 2.45) is 0 Å². The molecule has 2 rings (SSSR count). The van der Waals surface area contributed by atoms with Gasteiger partial charge in [-0.3, -0.25) is 19.1 Å². The first-order valence-electron chi connectivity index (χ1n) is 10.5. The normalized spacial score (nSPS) is 11.7. The van der Waals surface area contributed by atoms with E-state index in [0.29, 0.717) is 47.8 Å². The molecule has 0 unspecified atom stereocenters. The number of hydrogen-bond acceptors (Lipinski definition) is 6. The second-order valence-corrected chi connectivity index (χ2v) is 8.72. The lowest BCUT2D eigenvalue weighted by Crippen LogP contribution is -2.40. The number of para-hydroxylation sites is 1. The quantitative estimate of drug-likeness (QED) is 0.314. The number of nitrogens with one attached hydrogen (secondary N) is 1. The van der Waals surface area contributed by atoms with Crippen molar-refractivity contribution in [3.63, 3.8) is 0 Å². The van der Waals surface area contributed by atoms with Crippen LogP contribution in [0, 0.1) is 0 Å². The Morgan fingerprint density at radius 2 is 1.93 bits per heavy atom. The Kier molecular flexibility index (Phi) is 9.81. The average molecular weight is 435 g/mol. The third kappa shape index (κ3) is 6.82. The average Bonchev–Trinajstić information content (AvgIpc) is 2.71. The number of amides is 1. The third-order valence-corrected chi connectivity index (χ3v) is 5.89. The van der Waals surface area contributed by atoms with Crippen molar-refractivity contribution in [1.29, 1.82) is 0 Å². The molecule has 0 saturated carbocycles. The first kappa shape index (κ1) is 24.4. The van der Waals surface area contributed by atoms with E-state index >= 15 is 0 Å². The van der Waals surface area contributed by atoms with Crippen molar-refractivity contribution in [3.8, 4) is 0 Å². The first-order chi connectivity index (χ1) is 14.3. The summed E-state index contributed by atoms with van der Waals surface area (Å²) in [5, 5.41) is 4.06. The lowest BCUT2D eigenvalue weighted by molar-refractivity contribution is -0.118.